The van der Waals surface area contributed by atoms with E-state index < -0.39 is 0 Å². The first-order chi connectivity index (χ1) is 10.4. The van der Waals surface area contributed by atoms with Crippen LogP contribution >= 0.6 is 23.2 Å². The molecule has 1 amide bonds. The van der Waals surface area contributed by atoms with Crippen LogP contribution in [-0.4, -0.2) is 10.8 Å². The monoisotopic (exact) mass is 337 g/mol. The van der Waals surface area contributed by atoms with E-state index in [4.69, 9.17) is 23.2 Å². The molecular formula is C18H21Cl2NO. The molecule has 1 aromatic rings. The number of hydrogen-bond donors (Lipinski definition) is 1. The van der Waals surface area contributed by atoms with Crippen LogP contribution in [0.25, 0.3) is 0 Å². The lowest BCUT2D eigenvalue weighted by Gasteiger charge is -2.59. The maximum absolute atomic E-state index is 13.1. The summed E-state index contributed by atoms with van der Waals surface area (Å²) < 4.78 is 0. The molecule has 2 nitrogen and oxygen atoms in total. The van der Waals surface area contributed by atoms with Crippen molar-refractivity contribution in [2.45, 2.75) is 50.3 Å². The van der Waals surface area contributed by atoms with Crippen molar-refractivity contribution in [1.29, 1.82) is 0 Å². The zero-order chi connectivity index (χ0) is 15.5. The van der Waals surface area contributed by atoms with Crippen molar-refractivity contribution >= 4 is 34.8 Å². The topological polar surface area (TPSA) is 29.1 Å². The van der Waals surface area contributed by atoms with Gasteiger partial charge in [-0.05, 0) is 75.0 Å². The molecule has 5 rings (SSSR count). The van der Waals surface area contributed by atoms with E-state index in [1.807, 2.05) is 25.1 Å². The van der Waals surface area contributed by atoms with Gasteiger partial charge in [-0.15, -0.1) is 11.6 Å². The molecule has 4 heteroatoms. The third-order valence-electron chi connectivity index (χ3n) is 5.92. The molecule has 4 aliphatic rings. The summed E-state index contributed by atoms with van der Waals surface area (Å²) in [5.41, 5.74) is 1.61. The number of benzene rings is 1. The van der Waals surface area contributed by atoms with Gasteiger partial charge in [0.2, 0.25) is 5.91 Å². The van der Waals surface area contributed by atoms with E-state index in [2.05, 4.69) is 5.32 Å². The average Bonchev–Trinajstić information content (AvgIpc) is 2.40. The summed E-state index contributed by atoms with van der Waals surface area (Å²) in [6.45, 7) is 1.99. The standard InChI is InChI=1S/C18H21Cl2NO/c1-11-2-3-14(19)5-15(11)21-16(22)17-6-12-4-13(7-17)9-18(20,8-12)10-17/h2-3,5,12-13H,4,6-10H2,1H3,(H,21,22)/t12-,13+,17?,18?. The molecule has 4 saturated carbocycles. The van der Waals surface area contributed by atoms with Gasteiger partial charge < -0.3 is 5.32 Å². The van der Waals surface area contributed by atoms with Gasteiger partial charge in [-0.3, -0.25) is 4.79 Å². The summed E-state index contributed by atoms with van der Waals surface area (Å²) in [5, 5.41) is 3.80. The van der Waals surface area contributed by atoms with Crippen molar-refractivity contribution in [3.05, 3.63) is 28.8 Å². The molecule has 4 atom stereocenters. The lowest BCUT2D eigenvalue weighted by molar-refractivity contribution is -0.138. The fraction of sp³-hybridized carbons (Fsp3) is 0.611. The van der Waals surface area contributed by atoms with E-state index in [9.17, 15) is 4.79 Å². The van der Waals surface area contributed by atoms with Gasteiger partial charge in [0.15, 0.2) is 0 Å². The van der Waals surface area contributed by atoms with Crippen LogP contribution in [0.15, 0.2) is 18.2 Å². The first kappa shape index (κ1) is 14.8. The summed E-state index contributed by atoms with van der Waals surface area (Å²) in [4.78, 5) is 12.9. The molecule has 4 aliphatic carbocycles. The number of aryl methyl sites for hydroxylation is 1. The van der Waals surface area contributed by atoms with E-state index in [0.717, 1.165) is 43.4 Å². The normalized spacial score (nSPS) is 39.0. The van der Waals surface area contributed by atoms with E-state index in [0.29, 0.717) is 16.9 Å². The van der Waals surface area contributed by atoms with Crippen LogP contribution in [0.3, 0.4) is 0 Å². The van der Waals surface area contributed by atoms with Crippen LogP contribution in [0.5, 0.6) is 0 Å². The minimum atomic E-state index is -0.263. The number of alkyl halides is 1. The van der Waals surface area contributed by atoms with Crippen LogP contribution in [0.1, 0.15) is 44.1 Å². The molecule has 0 heterocycles. The second-order valence-electron chi connectivity index (χ2n) is 7.81. The molecule has 4 fully saturated rings. The largest absolute Gasteiger partial charge is 0.325 e. The average molecular weight is 338 g/mol. The maximum atomic E-state index is 13.1. The lowest BCUT2D eigenvalue weighted by Crippen LogP contribution is -2.57. The second-order valence-corrected chi connectivity index (χ2v) is 9.04. The Balaban J connectivity index is 1.61. The highest BCUT2D eigenvalue weighted by Gasteiger charge is 2.60. The molecule has 0 aromatic heterocycles. The highest BCUT2D eigenvalue weighted by molar-refractivity contribution is 6.31. The number of carbonyl (C=O) groups is 1. The minimum absolute atomic E-state index is 0.134. The number of nitrogens with one attached hydrogen (secondary N) is 1. The van der Waals surface area contributed by atoms with Crippen LogP contribution in [0.4, 0.5) is 5.69 Å². The molecule has 0 aliphatic heterocycles. The van der Waals surface area contributed by atoms with Crippen molar-refractivity contribution in [3.63, 3.8) is 0 Å². The molecule has 0 radical (unpaired) electrons. The van der Waals surface area contributed by atoms with Gasteiger partial charge in [-0.2, -0.15) is 0 Å². The Morgan fingerprint density at radius 2 is 1.91 bits per heavy atom. The first-order valence-electron chi connectivity index (χ1n) is 8.14. The van der Waals surface area contributed by atoms with Crippen LogP contribution in [0.2, 0.25) is 5.02 Å². The molecule has 1 N–H and O–H groups in total. The molecular weight excluding hydrogens is 317 g/mol. The highest BCUT2D eigenvalue weighted by atomic mass is 35.5. The molecule has 118 valence electrons. The van der Waals surface area contributed by atoms with Gasteiger partial charge in [-0.25, -0.2) is 0 Å². The third kappa shape index (κ3) is 2.35. The molecule has 0 spiro atoms. The molecule has 22 heavy (non-hydrogen) atoms. The van der Waals surface area contributed by atoms with Gasteiger partial charge in [0.05, 0.1) is 5.41 Å². The number of halogens is 2. The molecule has 0 saturated heterocycles. The molecule has 2 unspecified atom stereocenters. The predicted octanol–water partition coefficient (Wildman–Crippen LogP) is 5.16. The number of hydrogen-bond acceptors (Lipinski definition) is 1. The number of anilines is 1. The van der Waals surface area contributed by atoms with Crippen LogP contribution in [0, 0.1) is 24.2 Å². The SMILES string of the molecule is Cc1ccc(Cl)cc1NC(=O)C12C[C@@H]3C[C@@H](CC(Cl)(C3)C1)C2. The van der Waals surface area contributed by atoms with Crippen molar-refractivity contribution in [3.8, 4) is 0 Å². The second kappa shape index (κ2) is 4.88. The van der Waals surface area contributed by atoms with Crippen molar-refractivity contribution in [2.24, 2.45) is 17.3 Å². The van der Waals surface area contributed by atoms with Gasteiger partial charge in [-0.1, -0.05) is 17.7 Å². The van der Waals surface area contributed by atoms with Crippen molar-refractivity contribution < 1.29 is 4.79 Å². The number of rotatable bonds is 2. The summed E-state index contributed by atoms with van der Waals surface area (Å²) in [5.74, 6) is 1.41. The van der Waals surface area contributed by atoms with Crippen LogP contribution in [-0.2, 0) is 4.79 Å². The van der Waals surface area contributed by atoms with Crippen LogP contribution < -0.4 is 5.32 Å². The third-order valence-corrected chi connectivity index (χ3v) is 6.60. The summed E-state index contributed by atoms with van der Waals surface area (Å²) in [7, 11) is 0. The van der Waals surface area contributed by atoms with Gasteiger partial charge >= 0.3 is 0 Å². The zero-order valence-corrected chi connectivity index (χ0v) is 14.3. The zero-order valence-electron chi connectivity index (χ0n) is 12.8. The van der Waals surface area contributed by atoms with Gasteiger partial charge in [0.25, 0.3) is 0 Å². The quantitative estimate of drug-likeness (QED) is 0.741. The van der Waals surface area contributed by atoms with E-state index >= 15 is 0 Å². The van der Waals surface area contributed by atoms with Crippen molar-refractivity contribution in [1.82, 2.24) is 0 Å². The Kier molecular flexibility index (Phi) is 3.29. The summed E-state index contributed by atoms with van der Waals surface area (Å²) in [6, 6.07) is 5.64. The fourth-order valence-electron chi connectivity index (χ4n) is 5.40. The van der Waals surface area contributed by atoms with E-state index in [-0.39, 0.29) is 16.2 Å². The Hall–Kier alpha value is -0.730. The summed E-state index contributed by atoms with van der Waals surface area (Å²) >= 11 is 12.9. The van der Waals surface area contributed by atoms with Gasteiger partial charge in [0.1, 0.15) is 0 Å². The fourth-order valence-corrected chi connectivity index (χ4v) is 6.26. The number of carbonyl (C=O) groups excluding carboxylic acids is 1. The molecule has 1 aromatic carbocycles. The predicted molar refractivity (Wildman–Crippen MR) is 90.5 cm³/mol. The smallest absolute Gasteiger partial charge is 0.230 e. The maximum Gasteiger partial charge on any atom is 0.230 e. The Morgan fingerprint density at radius 3 is 2.55 bits per heavy atom. The van der Waals surface area contributed by atoms with Crippen molar-refractivity contribution in [2.75, 3.05) is 5.32 Å². The highest BCUT2D eigenvalue weighted by Crippen LogP contribution is 2.64. The number of amides is 1. The van der Waals surface area contributed by atoms with Gasteiger partial charge in [0, 0.05) is 15.6 Å². The van der Waals surface area contributed by atoms with E-state index in [1.54, 1.807) is 0 Å². The summed E-state index contributed by atoms with van der Waals surface area (Å²) in [6.07, 6.45) is 6.29. The minimum Gasteiger partial charge on any atom is -0.325 e. The first-order valence-corrected chi connectivity index (χ1v) is 8.90. The van der Waals surface area contributed by atoms with E-state index in [1.165, 1.54) is 6.42 Å². The Bertz CT molecular complexity index is 628. The Morgan fingerprint density at radius 1 is 1.23 bits per heavy atom. The Labute approximate surface area is 141 Å². The lowest BCUT2D eigenvalue weighted by atomic mass is 9.49. The molecule has 4 bridgehead atoms.